The summed E-state index contributed by atoms with van der Waals surface area (Å²) in [7, 11) is -3.23. The molecule has 0 N–H and O–H groups in total. The van der Waals surface area contributed by atoms with E-state index in [1.807, 2.05) is 6.92 Å². The Morgan fingerprint density at radius 3 is 1.87 bits per heavy atom. The molecule has 30 heavy (non-hydrogen) atoms. The molecule has 0 fully saturated rings. The summed E-state index contributed by atoms with van der Waals surface area (Å²) < 4.78 is 39.7. The maximum Gasteiger partial charge on any atom is 0.307 e. The SMILES string of the molecule is CCCCC(CC)COCC(=O)C(CC(=O)OCC(CC)CCCC)S(=O)(=O)OC. The van der Waals surface area contributed by atoms with Crippen molar-refractivity contribution in [2.75, 3.05) is 26.9 Å². The van der Waals surface area contributed by atoms with Gasteiger partial charge in [-0.15, -0.1) is 0 Å². The molecule has 0 heterocycles. The van der Waals surface area contributed by atoms with Gasteiger partial charge in [0.1, 0.15) is 6.61 Å². The number of carbonyl (C=O) groups excluding carboxylic acids is 2. The number of hydrogen-bond donors (Lipinski definition) is 0. The fraction of sp³-hybridized carbons (Fsp3) is 0.909. The molecule has 3 unspecified atom stereocenters. The van der Waals surface area contributed by atoms with E-state index in [9.17, 15) is 18.0 Å². The molecule has 178 valence electrons. The number of hydrogen-bond acceptors (Lipinski definition) is 7. The molecule has 0 aromatic carbocycles. The molecule has 7 nitrogen and oxygen atoms in total. The van der Waals surface area contributed by atoms with Crippen LogP contribution in [0, 0.1) is 11.8 Å². The van der Waals surface area contributed by atoms with Gasteiger partial charge in [-0.1, -0.05) is 66.2 Å². The second kappa shape index (κ2) is 16.7. The normalized spacial score (nSPS) is 14.8. The van der Waals surface area contributed by atoms with E-state index in [0.717, 1.165) is 58.5 Å². The standard InChI is InChI=1S/C22H42O7S/c1-6-10-12-18(8-3)15-28-17-20(23)21(30(25,26)27-5)14-22(24)29-16-19(9-4)13-11-7-2/h18-19,21H,6-17H2,1-5H3. The average Bonchev–Trinajstić information content (AvgIpc) is 2.74. The molecule has 0 saturated heterocycles. The average molecular weight is 451 g/mol. The predicted octanol–water partition coefficient (Wildman–Crippen LogP) is 4.28. The lowest BCUT2D eigenvalue weighted by atomic mass is 10.0. The van der Waals surface area contributed by atoms with Crippen molar-refractivity contribution in [1.29, 1.82) is 0 Å². The number of unbranched alkanes of at least 4 members (excludes halogenated alkanes) is 2. The number of ketones is 1. The molecule has 0 aromatic rings. The van der Waals surface area contributed by atoms with Crippen LogP contribution in [-0.4, -0.2) is 52.4 Å². The first-order valence-electron chi connectivity index (χ1n) is 11.3. The first-order valence-corrected chi connectivity index (χ1v) is 12.8. The minimum atomic E-state index is -4.21. The van der Waals surface area contributed by atoms with E-state index in [1.165, 1.54) is 0 Å². The third-order valence-electron chi connectivity index (χ3n) is 5.46. The van der Waals surface area contributed by atoms with Gasteiger partial charge in [0, 0.05) is 6.61 Å². The van der Waals surface area contributed by atoms with Crippen LogP contribution in [0.4, 0.5) is 0 Å². The van der Waals surface area contributed by atoms with E-state index >= 15 is 0 Å². The van der Waals surface area contributed by atoms with Crippen LogP contribution in [0.2, 0.25) is 0 Å². The fourth-order valence-corrected chi connectivity index (χ4v) is 4.09. The molecule has 0 aliphatic carbocycles. The highest BCUT2D eigenvalue weighted by Crippen LogP contribution is 2.16. The summed E-state index contributed by atoms with van der Waals surface area (Å²) in [6.45, 7) is 8.55. The molecule has 0 bridgehead atoms. The van der Waals surface area contributed by atoms with Crippen molar-refractivity contribution in [2.24, 2.45) is 11.8 Å². The molecule has 0 amide bonds. The summed E-state index contributed by atoms with van der Waals surface area (Å²) >= 11 is 0. The van der Waals surface area contributed by atoms with Crippen LogP contribution in [-0.2, 0) is 33.4 Å². The summed E-state index contributed by atoms with van der Waals surface area (Å²) in [5, 5.41) is -1.61. The minimum Gasteiger partial charge on any atom is -0.465 e. The quantitative estimate of drug-likeness (QED) is 0.214. The van der Waals surface area contributed by atoms with Gasteiger partial charge in [0.15, 0.2) is 11.0 Å². The largest absolute Gasteiger partial charge is 0.465 e. The zero-order valence-electron chi connectivity index (χ0n) is 19.5. The van der Waals surface area contributed by atoms with Gasteiger partial charge < -0.3 is 9.47 Å². The number of esters is 1. The Morgan fingerprint density at radius 1 is 0.867 bits per heavy atom. The van der Waals surface area contributed by atoms with E-state index in [0.29, 0.717) is 12.5 Å². The third kappa shape index (κ3) is 12.0. The molecular formula is C22H42O7S. The van der Waals surface area contributed by atoms with E-state index in [-0.39, 0.29) is 19.1 Å². The molecule has 0 aromatic heterocycles. The molecule has 3 atom stereocenters. The number of ether oxygens (including phenoxy) is 2. The van der Waals surface area contributed by atoms with Gasteiger partial charge in [-0.25, -0.2) is 0 Å². The first kappa shape index (κ1) is 29.0. The van der Waals surface area contributed by atoms with Gasteiger partial charge in [0.25, 0.3) is 10.1 Å². The molecule has 0 aliphatic rings. The highest BCUT2D eigenvalue weighted by Gasteiger charge is 2.35. The van der Waals surface area contributed by atoms with Gasteiger partial charge in [-0.2, -0.15) is 8.42 Å². The predicted molar refractivity (Wildman–Crippen MR) is 118 cm³/mol. The van der Waals surface area contributed by atoms with Crippen molar-refractivity contribution in [3.63, 3.8) is 0 Å². The first-order chi connectivity index (χ1) is 14.2. The van der Waals surface area contributed by atoms with Crippen molar-refractivity contribution in [2.45, 2.75) is 90.7 Å². The van der Waals surface area contributed by atoms with Crippen molar-refractivity contribution in [3.8, 4) is 0 Å². The molecule has 0 aliphatic heterocycles. The third-order valence-corrected chi connectivity index (χ3v) is 7.05. The number of Topliss-reactive ketones (excluding diaryl/α,β-unsaturated/α-hetero) is 1. The zero-order valence-corrected chi connectivity index (χ0v) is 20.3. The highest BCUT2D eigenvalue weighted by molar-refractivity contribution is 7.88. The summed E-state index contributed by atoms with van der Waals surface area (Å²) in [5.74, 6) is -0.829. The van der Waals surface area contributed by atoms with Crippen LogP contribution in [0.1, 0.15) is 85.5 Å². The van der Waals surface area contributed by atoms with E-state index in [2.05, 4.69) is 25.0 Å². The van der Waals surface area contributed by atoms with Crippen LogP contribution in [0.15, 0.2) is 0 Å². The topological polar surface area (TPSA) is 96.0 Å². The van der Waals surface area contributed by atoms with Crippen molar-refractivity contribution in [1.82, 2.24) is 0 Å². The second-order valence-corrected chi connectivity index (χ2v) is 9.74. The smallest absolute Gasteiger partial charge is 0.307 e. The Morgan fingerprint density at radius 2 is 1.40 bits per heavy atom. The van der Waals surface area contributed by atoms with Crippen molar-refractivity contribution >= 4 is 21.9 Å². The number of rotatable bonds is 19. The summed E-state index contributed by atoms with van der Waals surface area (Å²) in [6.07, 6.45) is 7.47. The van der Waals surface area contributed by atoms with Crippen molar-refractivity contribution in [3.05, 3.63) is 0 Å². The fourth-order valence-electron chi connectivity index (χ4n) is 3.13. The summed E-state index contributed by atoms with van der Waals surface area (Å²) in [5.41, 5.74) is 0. The van der Waals surface area contributed by atoms with Crippen LogP contribution in [0.5, 0.6) is 0 Å². The Hall–Kier alpha value is -0.990. The summed E-state index contributed by atoms with van der Waals surface area (Å²) in [4.78, 5) is 24.7. The minimum absolute atomic E-state index is 0.232. The van der Waals surface area contributed by atoms with E-state index in [4.69, 9.17) is 9.47 Å². The zero-order chi connectivity index (χ0) is 23.0. The van der Waals surface area contributed by atoms with E-state index in [1.54, 1.807) is 0 Å². The van der Waals surface area contributed by atoms with Gasteiger partial charge in [-0.3, -0.25) is 13.8 Å². The van der Waals surface area contributed by atoms with Crippen LogP contribution in [0.25, 0.3) is 0 Å². The highest BCUT2D eigenvalue weighted by atomic mass is 32.2. The lowest BCUT2D eigenvalue weighted by Gasteiger charge is -2.18. The van der Waals surface area contributed by atoms with Gasteiger partial charge in [0.05, 0.1) is 20.1 Å². The van der Waals surface area contributed by atoms with Crippen molar-refractivity contribution < 1.29 is 31.7 Å². The lowest BCUT2D eigenvalue weighted by molar-refractivity contribution is -0.146. The molecular weight excluding hydrogens is 408 g/mol. The van der Waals surface area contributed by atoms with Gasteiger partial charge in [-0.05, 0) is 24.7 Å². The monoisotopic (exact) mass is 450 g/mol. The Labute approximate surface area is 183 Å². The Bertz CT molecular complexity index is 574. The second-order valence-electron chi connectivity index (χ2n) is 7.85. The molecule has 0 radical (unpaired) electrons. The molecule has 0 rings (SSSR count). The molecule has 0 saturated carbocycles. The maximum atomic E-state index is 12.5. The molecule has 0 spiro atoms. The van der Waals surface area contributed by atoms with Crippen LogP contribution >= 0.6 is 0 Å². The van der Waals surface area contributed by atoms with Gasteiger partial charge in [0.2, 0.25) is 0 Å². The number of carbonyl (C=O) groups is 2. The summed E-state index contributed by atoms with van der Waals surface area (Å²) in [6, 6.07) is 0. The maximum absolute atomic E-state index is 12.5. The Kier molecular flexibility index (Phi) is 16.1. The lowest BCUT2D eigenvalue weighted by Crippen LogP contribution is -2.37. The van der Waals surface area contributed by atoms with Crippen LogP contribution in [0.3, 0.4) is 0 Å². The van der Waals surface area contributed by atoms with Gasteiger partial charge >= 0.3 is 5.97 Å². The van der Waals surface area contributed by atoms with Crippen LogP contribution < -0.4 is 0 Å². The Balaban J connectivity index is 4.80. The van der Waals surface area contributed by atoms with E-state index < -0.39 is 33.5 Å². The molecule has 8 heteroatoms.